The molecule has 0 unspecified atom stereocenters. The van der Waals surface area contributed by atoms with Crippen molar-refractivity contribution in [2.24, 2.45) is 5.92 Å². The van der Waals surface area contributed by atoms with E-state index in [2.05, 4.69) is 21.2 Å². The molecule has 104 valence electrons. The molecule has 0 spiro atoms. The van der Waals surface area contributed by atoms with Crippen LogP contribution in [0.4, 0.5) is 0 Å². The van der Waals surface area contributed by atoms with Gasteiger partial charge in [-0.2, -0.15) is 0 Å². The van der Waals surface area contributed by atoms with E-state index in [1.807, 2.05) is 6.92 Å². The summed E-state index contributed by atoms with van der Waals surface area (Å²) in [7, 11) is 0. The Bertz CT molecular complexity index is 464. The monoisotopic (exact) mass is 328 g/mol. The summed E-state index contributed by atoms with van der Waals surface area (Å²) in [6.07, 6.45) is 2.92. The molecule has 5 nitrogen and oxygen atoms in total. The summed E-state index contributed by atoms with van der Waals surface area (Å²) in [4.78, 5) is 25.7. The molecule has 1 aliphatic heterocycles. The lowest BCUT2D eigenvalue weighted by atomic mass is 9.95. The van der Waals surface area contributed by atoms with Crippen LogP contribution in [0.5, 0.6) is 0 Å². The molecule has 0 aliphatic carbocycles. The van der Waals surface area contributed by atoms with Gasteiger partial charge in [0.15, 0.2) is 4.67 Å². The van der Waals surface area contributed by atoms with Crippen LogP contribution in [0.1, 0.15) is 30.1 Å². The smallest absolute Gasteiger partial charge is 0.258 e. The topological polar surface area (TPSA) is 62.6 Å². The minimum atomic E-state index is -0.0463. The highest BCUT2D eigenvalue weighted by molar-refractivity contribution is 9.10. The van der Waals surface area contributed by atoms with Gasteiger partial charge in [-0.05, 0) is 41.8 Å². The van der Waals surface area contributed by atoms with Gasteiger partial charge in [0, 0.05) is 25.6 Å². The van der Waals surface area contributed by atoms with Gasteiger partial charge >= 0.3 is 0 Å². The van der Waals surface area contributed by atoms with Crippen molar-refractivity contribution in [3.05, 3.63) is 22.6 Å². The summed E-state index contributed by atoms with van der Waals surface area (Å²) in [6.45, 7) is 3.78. The van der Waals surface area contributed by atoms with Crippen molar-refractivity contribution in [1.29, 1.82) is 0 Å². The van der Waals surface area contributed by atoms with E-state index in [1.54, 1.807) is 11.0 Å². The highest BCUT2D eigenvalue weighted by Gasteiger charge is 2.28. The van der Waals surface area contributed by atoms with Crippen LogP contribution >= 0.6 is 15.9 Å². The normalized spacial score (nSPS) is 16.4. The SMILES string of the molecule is CCNC(=O)C1CCN(C(=O)c2ccoc2Br)CC1. The van der Waals surface area contributed by atoms with Crippen LogP contribution in [0, 0.1) is 5.92 Å². The summed E-state index contributed by atoms with van der Waals surface area (Å²) < 4.78 is 5.53. The van der Waals surface area contributed by atoms with E-state index >= 15 is 0 Å². The minimum absolute atomic E-state index is 0.0248. The van der Waals surface area contributed by atoms with Crippen LogP contribution in [-0.2, 0) is 4.79 Å². The third kappa shape index (κ3) is 3.18. The summed E-state index contributed by atoms with van der Waals surface area (Å²) >= 11 is 3.21. The highest BCUT2D eigenvalue weighted by Crippen LogP contribution is 2.23. The lowest BCUT2D eigenvalue weighted by Crippen LogP contribution is -2.43. The first-order valence-corrected chi connectivity index (χ1v) is 7.22. The first kappa shape index (κ1) is 14.1. The van der Waals surface area contributed by atoms with Crippen molar-refractivity contribution in [3.8, 4) is 0 Å². The number of nitrogens with one attached hydrogen (secondary N) is 1. The van der Waals surface area contributed by atoms with E-state index in [-0.39, 0.29) is 17.7 Å². The van der Waals surface area contributed by atoms with Gasteiger partial charge in [-0.1, -0.05) is 0 Å². The van der Waals surface area contributed by atoms with Gasteiger partial charge in [0.2, 0.25) is 5.91 Å². The third-order valence-corrected chi connectivity index (χ3v) is 3.97. The number of nitrogens with zero attached hydrogens (tertiary/aromatic N) is 1. The molecule has 1 fully saturated rings. The second-order valence-electron chi connectivity index (χ2n) is 4.57. The molecule has 2 amide bonds. The molecular weight excluding hydrogens is 312 g/mol. The van der Waals surface area contributed by atoms with Crippen molar-refractivity contribution in [2.75, 3.05) is 19.6 Å². The van der Waals surface area contributed by atoms with Gasteiger partial charge in [-0.3, -0.25) is 9.59 Å². The van der Waals surface area contributed by atoms with E-state index in [0.717, 1.165) is 0 Å². The van der Waals surface area contributed by atoms with E-state index in [9.17, 15) is 9.59 Å². The zero-order chi connectivity index (χ0) is 13.8. The molecule has 1 N–H and O–H groups in total. The molecule has 1 aromatic rings. The second-order valence-corrected chi connectivity index (χ2v) is 5.29. The number of piperidine rings is 1. The number of hydrogen-bond acceptors (Lipinski definition) is 3. The zero-order valence-corrected chi connectivity index (χ0v) is 12.4. The Balaban J connectivity index is 1.92. The Morgan fingerprint density at radius 1 is 1.47 bits per heavy atom. The van der Waals surface area contributed by atoms with Crippen LogP contribution in [0.15, 0.2) is 21.4 Å². The van der Waals surface area contributed by atoms with E-state index in [4.69, 9.17) is 4.42 Å². The molecule has 0 bridgehead atoms. The number of furan rings is 1. The first-order chi connectivity index (χ1) is 9.13. The Kier molecular flexibility index (Phi) is 4.63. The van der Waals surface area contributed by atoms with Crippen molar-refractivity contribution >= 4 is 27.7 Å². The van der Waals surface area contributed by atoms with Gasteiger partial charge in [0.1, 0.15) is 0 Å². The maximum atomic E-state index is 12.2. The highest BCUT2D eigenvalue weighted by atomic mass is 79.9. The van der Waals surface area contributed by atoms with Crippen molar-refractivity contribution in [3.63, 3.8) is 0 Å². The van der Waals surface area contributed by atoms with Gasteiger partial charge in [0.25, 0.3) is 5.91 Å². The maximum absolute atomic E-state index is 12.2. The second kappa shape index (κ2) is 6.23. The first-order valence-electron chi connectivity index (χ1n) is 6.43. The average Bonchev–Trinajstić information content (AvgIpc) is 2.84. The number of rotatable bonds is 3. The average molecular weight is 329 g/mol. The van der Waals surface area contributed by atoms with Crippen LogP contribution in [0.2, 0.25) is 0 Å². The van der Waals surface area contributed by atoms with Gasteiger partial charge < -0.3 is 14.6 Å². The molecule has 2 rings (SSSR count). The van der Waals surface area contributed by atoms with Crippen LogP contribution in [-0.4, -0.2) is 36.3 Å². The molecule has 1 aromatic heterocycles. The standard InChI is InChI=1S/C13H17BrN2O3/c1-2-15-12(17)9-3-6-16(7-4-9)13(18)10-5-8-19-11(10)14/h5,8-9H,2-4,6-7H2,1H3,(H,15,17). The molecule has 2 heterocycles. The van der Waals surface area contributed by atoms with Gasteiger partial charge in [0.05, 0.1) is 11.8 Å². The van der Waals surface area contributed by atoms with E-state index in [0.29, 0.717) is 42.7 Å². The van der Waals surface area contributed by atoms with Crippen molar-refractivity contribution < 1.29 is 14.0 Å². The molecular formula is C13H17BrN2O3. The Morgan fingerprint density at radius 2 is 2.16 bits per heavy atom. The van der Waals surface area contributed by atoms with E-state index in [1.165, 1.54) is 6.26 Å². The molecule has 0 radical (unpaired) electrons. The molecule has 1 saturated heterocycles. The fraction of sp³-hybridized carbons (Fsp3) is 0.538. The lowest BCUT2D eigenvalue weighted by Gasteiger charge is -2.31. The molecule has 6 heteroatoms. The number of likely N-dealkylation sites (tertiary alicyclic amines) is 1. The summed E-state index contributed by atoms with van der Waals surface area (Å²) in [6, 6.07) is 1.66. The molecule has 0 saturated carbocycles. The molecule has 0 atom stereocenters. The predicted molar refractivity (Wildman–Crippen MR) is 73.7 cm³/mol. The number of carbonyl (C=O) groups is 2. The van der Waals surface area contributed by atoms with Crippen molar-refractivity contribution in [2.45, 2.75) is 19.8 Å². The molecule has 0 aromatic carbocycles. The Morgan fingerprint density at radius 3 is 2.68 bits per heavy atom. The summed E-state index contributed by atoms with van der Waals surface area (Å²) in [5.74, 6) is 0.0749. The third-order valence-electron chi connectivity index (χ3n) is 3.35. The van der Waals surface area contributed by atoms with Crippen LogP contribution in [0.25, 0.3) is 0 Å². The van der Waals surface area contributed by atoms with Crippen molar-refractivity contribution in [1.82, 2.24) is 10.2 Å². The largest absolute Gasteiger partial charge is 0.457 e. The van der Waals surface area contributed by atoms with E-state index < -0.39 is 0 Å². The van der Waals surface area contributed by atoms with Gasteiger partial charge in [-0.25, -0.2) is 0 Å². The number of carbonyl (C=O) groups excluding carboxylic acids is 2. The van der Waals surface area contributed by atoms with Crippen LogP contribution in [0.3, 0.4) is 0 Å². The quantitative estimate of drug-likeness (QED) is 0.923. The zero-order valence-electron chi connectivity index (χ0n) is 10.8. The maximum Gasteiger partial charge on any atom is 0.258 e. The fourth-order valence-electron chi connectivity index (χ4n) is 2.28. The summed E-state index contributed by atoms with van der Waals surface area (Å²) in [5.41, 5.74) is 0.538. The predicted octanol–water partition coefficient (Wildman–Crippen LogP) is 2.03. The van der Waals surface area contributed by atoms with Crippen LogP contribution < -0.4 is 5.32 Å². The lowest BCUT2D eigenvalue weighted by molar-refractivity contribution is -0.126. The summed E-state index contributed by atoms with van der Waals surface area (Å²) in [5, 5.41) is 2.83. The number of hydrogen-bond donors (Lipinski definition) is 1. The Labute approximate surface area is 120 Å². The Hall–Kier alpha value is -1.30. The fourth-order valence-corrected chi connectivity index (χ4v) is 2.69. The van der Waals surface area contributed by atoms with Gasteiger partial charge in [-0.15, -0.1) is 0 Å². The minimum Gasteiger partial charge on any atom is -0.457 e. The number of amides is 2. The molecule has 19 heavy (non-hydrogen) atoms. The molecule has 1 aliphatic rings. The number of halogens is 1.